The minimum absolute atomic E-state index is 0.0100. The number of benzene rings is 1. The summed E-state index contributed by atoms with van der Waals surface area (Å²) in [7, 11) is -1.98. The number of hydrogen-bond donors (Lipinski definition) is 1. The Bertz CT molecular complexity index is 682. The molecule has 1 unspecified atom stereocenters. The molecule has 1 saturated carbocycles. The lowest BCUT2D eigenvalue weighted by atomic mass is 9.90. The topological polar surface area (TPSA) is 89.7 Å². The van der Waals surface area contributed by atoms with Gasteiger partial charge < -0.3 is 9.64 Å². The number of fused-ring (bicyclic) bond motifs is 1. The predicted molar refractivity (Wildman–Crippen MR) is 76.5 cm³/mol. The van der Waals surface area contributed by atoms with Gasteiger partial charge in [-0.15, -0.1) is 0 Å². The van der Waals surface area contributed by atoms with Gasteiger partial charge in [-0.1, -0.05) is 0 Å². The second kappa shape index (κ2) is 4.99. The molecular weight excluding hydrogens is 292 g/mol. The number of carbonyl (C=O) groups is 1. The summed E-state index contributed by atoms with van der Waals surface area (Å²) >= 11 is 0. The van der Waals surface area contributed by atoms with Crippen molar-refractivity contribution in [3.63, 3.8) is 0 Å². The van der Waals surface area contributed by atoms with E-state index in [4.69, 9.17) is 9.88 Å². The molecule has 1 aromatic rings. The summed E-state index contributed by atoms with van der Waals surface area (Å²) < 4.78 is 28.4. The van der Waals surface area contributed by atoms with Crippen molar-refractivity contribution in [2.75, 3.05) is 13.7 Å². The van der Waals surface area contributed by atoms with Gasteiger partial charge >= 0.3 is 0 Å². The quantitative estimate of drug-likeness (QED) is 0.895. The summed E-state index contributed by atoms with van der Waals surface area (Å²) in [6.07, 6.45) is 3.20. The highest BCUT2D eigenvalue weighted by molar-refractivity contribution is 7.89. The maximum absolute atomic E-state index is 12.6. The molecule has 0 radical (unpaired) electrons. The van der Waals surface area contributed by atoms with E-state index in [-0.39, 0.29) is 17.4 Å². The summed E-state index contributed by atoms with van der Waals surface area (Å²) in [5, 5.41) is 5.15. The SMILES string of the molecule is CN(C(=O)C1COc2ccc(S(N)(=O)=O)cc21)C1CCC1. The molecule has 1 amide bonds. The molecule has 1 fully saturated rings. The zero-order valence-corrected chi connectivity index (χ0v) is 12.6. The predicted octanol–water partition coefficient (Wildman–Crippen LogP) is 0.821. The van der Waals surface area contributed by atoms with Crippen LogP contribution in [0, 0.1) is 0 Å². The first-order chi connectivity index (χ1) is 9.88. The lowest BCUT2D eigenvalue weighted by molar-refractivity contribution is -0.135. The van der Waals surface area contributed by atoms with Crippen LogP contribution in [0.1, 0.15) is 30.7 Å². The second-order valence-corrected chi connectivity index (χ2v) is 7.20. The van der Waals surface area contributed by atoms with Gasteiger partial charge in [0, 0.05) is 18.7 Å². The van der Waals surface area contributed by atoms with Crippen molar-refractivity contribution in [2.45, 2.75) is 36.1 Å². The Morgan fingerprint density at radius 3 is 2.67 bits per heavy atom. The molecule has 1 heterocycles. The molecule has 0 spiro atoms. The summed E-state index contributed by atoms with van der Waals surface area (Å²) in [6, 6.07) is 4.71. The fraction of sp³-hybridized carbons (Fsp3) is 0.500. The van der Waals surface area contributed by atoms with Gasteiger partial charge in [0.1, 0.15) is 18.3 Å². The van der Waals surface area contributed by atoms with Gasteiger partial charge in [-0.2, -0.15) is 0 Å². The molecule has 21 heavy (non-hydrogen) atoms. The van der Waals surface area contributed by atoms with Crippen LogP contribution in [0.5, 0.6) is 5.75 Å². The van der Waals surface area contributed by atoms with Gasteiger partial charge in [0.25, 0.3) is 0 Å². The highest BCUT2D eigenvalue weighted by atomic mass is 32.2. The Labute approximate surface area is 123 Å². The maximum Gasteiger partial charge on any atom is 0.238 e. The van der Waals surface area contributed by atoms with Gasteiger partial charge in [-0.05, 0) is 37.5 Å². The number of primary sulfonamides is 1. The summed E-state index contributed by atoms with van der Waals surface area (Å²) in [4.78, 5) is 14.3. The van der Waals surface area contributed by atoms with Crippen LogP contribution in [0.4, 0.5) is 0 Å². The van der Waals surface area contributed by atoms with Crippen LogP contribution < -0.4 is 9.88 Å². The fourth-order valence-corrected chi connectivity index (χ4v) is 3.32. The molecule has 2 aliphatic rings. The number of nitrogens with two attached hydrogens (primary N) is 1. The van der Waals surface area contributed by atoms with Crippen molar-refractivity contribution in [1.82, 2.24) is 4.90 Å². The number of amides is 1. The molecule has 3 rings (SSSR count). The van der Waals surface area contributed by atoms with Gasteiger partial charge in [0.2, 0.25) is 15.9 Å². The van der Waals surface area contributed by atoms with Crippen LogP contribution in [-0.2, 0) is 14.8 Å². The van der Waals surface area contributed by atoms with E-state index in [1.807, 2.05) is 0 Å². The molecule has 2 N–H and O–H groups in total. The van der Waals surface area contributed by atoms with Gasteiger partial charge in [0.15, 0.2) is 0 Å². The molecule has 1 aliphatic carbocycles. The average molecular weight is 310 g/mol. The summed E-state index contributed by atoms with van der Waals surface area (Å²) in [5.74, 6) is 0.0834. The molecule has 1 atom stereocenters. The van der Waals surface area contributed by atoms with Crippen molar-refractivity contribution < 1.29 is 17.9 Å². The van der Waals surface area contributed by atoms with Crippen LogP contribution in [0.15, 0.2) is 23.1 Å². The number of rotatable bonds is 3. The first-order valence-electron chi connectivity index (χ1n) is 6.94. The molecular formula is C14H18N2O4S. The van der Waals surface area contributed by atoms with Crippen LogP contribution in [-0.4, -0.2) is 38.9 Å². The van der Waals surface area contributed by atoms with E-state index >= 15 is 0 Å². The lowest BCUT2D eigenvalue weighted by Gasteiger charge is -2.36. The van der Waals surface area contributed by atoms with Crippen molar-refractivity contribution in [3.05, 3.63) is 23.8 Å². The Balaban J connectivity index is 1.90. The Hall–Kier alpha value is -1.60. The third kappa shape index (κ3) is 2.51. The molecule has 7 heteroatoms. The highest BCUT2D eigenvalue weighted by Crippen LogP contribution is 2.37. The smallest absolute Gasteiger partial charge is 0.238 e. The number of hydrogen-bond acceptors (Lipinski definition) is 4. The van der Waals surface area contributed by atoms with E-state index in [0.717, 1.165) is 19.3 Å². The van der Waals surface area contributed by atoms with Gasteiger partial charge in [-0.25, -0.2) is 13.6 Å². The normalized spacial score (nSPS) is 21.3. The Morgan fingerprint density at radius 1 is 1.38 bits per heavy atom. The first-order valence-corrected chi connectivity index (χ1v) is 8.49. The third-order valence-electron chi connectivity index (χ3n) is 4.36. The van der Waals surface area contributed by atoms with Crippen LogP contribution in [0.2, 0.25) is 0 Å². The van der Waals surface area contributed by atoms with Crippen LogP contribution in [0.3, 0.4) is 0 Å². The second-order valence-electron chi connectivity index (χ2n) is 5.64. The van der Waals surface area contributed by atoms with Crippen molar-refractivity contribution in [3.8, 4) is 5.75 Å². The zero-order valence-electron chi connectivity index (χ0n) is 11.8. The fourth-order valence-electron chi connectivity index (χ4n) is 2.77. The Kier molecular flexibility index (Phi) is 3.41. The van der Waals surface area contributed by atoms with Gasteiger partial charge in [0.05, 0.1) is 4.90 Å². The standard InChI is InChI=1S/C14H18N2O4S/c1-16(9-3-2-4-9)14(17)12-8-20-13-6-5-10(7-11(12)13)21(15,18)19/h5-7,9,12H,2-4,8H2,1H3,(H2,15,18,19). The van der Waals surface area contributed by atoms with Crippen LogP contribution >= 0.6 is 0 Å². The molecule has 0 saturated heterocycles. The summed E-state index contributed by atoms with van der Waals surface area (Å²) in [6.45, 7) is 0.249. The highest BCUT2D eigenvalue weighted by Gasteiger charge is 2.36. The van der Waals surface area contributed by atoms with E-state index in [0.29, 0.717) is 17.4 Å². The lowest BCUT2D eigenvalue weighted by Crippen LogP contribution is -2.43. The molecule has 1 aromatic carbocycles. The number of carbonyl (C=O) groups excluding carboxylic acids is 1. The van der Waals surface area contributed by atoms with Gasteiger partial charge in [-0.3, -0.25) is 4.79 Å². The largest absolute Gasteiger partial charge is 0.492 e. The number of sulfonamides is 1. The number of nitrogens with zero attached hydrogens (tertiary/aromatic N) is 1. The third-order valence-corrected chi connectivity index (χ3v) is 5.27. The van der Waals surface area contributed by atoms with E-state index in [1.165, 1.54) is 12.1 Å². The molecule has 114 valence electrons. The first kappa shape index (κ1) is 14.3. The maximum atomic E-state index is 12.6. The Morgan fingerprint density at radius 2 is 2.10 bits per heavy atom. The zero-order chi connectivity index (χ0) is 15.2. The van der Waals surface area contributed by atoms with E-state index in [2.05, 4.69) is 0 Å². The molecule has 6 nitrogen and oxygen atoms in total. The minimum Gasteiger partial charge on any atom is -0.492 e. The van der Waals surface area contributed by atoms with E-state index in [1.54, 1.807) is 18.0 Å². The van der Waals surface area contributed by atoms with E-state index < -0.39 is 15.9 Å². The molecule has 1 aliphatic heterocycles. The molecule has 0 bridgehead atoms. The van der Waals surface area contributed by atoms with E-state index in [9.17, 15) is 13.2 Å². The summed E-state index contributed by atoms with van der Waals surface area (Å²) in [5.41, 5.74) is 0.609. The number of ether oxygens (including phenoxy) is 1. The van der Waals surface area contributed by atoms with Crippen molar-refractivity contribution in [2.24, 2.45) is 5.14 Å². The van der Waals surface area contributed by atoms with Crippen molar-refractivity contribution in [1.29, 1.82) is 0 Å². The average Bonchev–Trinajstić information content (AvgIpc) is 2.77. The molecule has 0 aromatic heterocycles. The number of likely N-dealkylation sites (N-methyl/N-ethyl adjacent to an activating group) is 1. The monoisotopic (exact) mass is 310 g/mol. The van der Waals surface area contributed by atoms with Crippen molar-refractivity contribution >= 4 is 15.9 Å². The van der Waals surface area contributed by atoms with Crippen LogP contribution in [0.25, 0.3) is 0 Å². The minimum atomic E-state index is -3.78.